The summed E-state index contributed by atoms with van der Waals surface area (Å²) in [7, 11) is 1.60. The molecule has 1 N–H and O–H groups in total. The van der Waals surface area contributed by atoms with Crippen LogP contribution in [0.25, 0.3) is 0 Å². The first-order valence-electron chi connectivity index (χ1n) is 5.17. The third-order valence-electron chi connectivity index (χ3n) is 2.14. The van der Waals surface area contributed by atoms with Gasteiger partial charge in [0.2, 0.25) is 5.89 Å². The highest BCUT2D eigenvalue weighted by molar-refractivity contribution is 9.10. The van der Waals surface area contributed by atoms with Gasteiger partial charge in [-0.15, -0.1) is 16.7 Å². The Hall–Kier alpha value is -1.27. The summed E-state index contributed by atoms with van der Waals surface area (Å²) >= 11 is 9.23. The Balaban J connectivity index is 2.19. The molecule has 18 heavy (non-hydrogen) atoms. The molecule has 1 aromatic carbocycles. The molecule has 0 spiro atoms. The van der Waals surface area contributed by atoms with Gasteiger partial charge in [0.25, 0.3) is 0 Å². The fourth-order valence-electron chi connectivity index (χ4n) is 1.32. The lowest BCUT2D eigenvalue weighted by Gasteiger charge is -2.05. The fourth-order valence-corrected chi connectivity index (χ4v) is 1.88. The molecule has 5 nitrogen and oxygen atoms in total. The van der Waals surface area contributed by atoms with E-state index in [2.05, 4.69) is 31.4 Å². The molecule has 0 fully saturated rings. The SMILES string of the molecule is COc1cc(Br)cc(Nc2nnc(C(C)Cl)o2)c1. The minimum absolute atomic E-state index is 0.289. The number of benzene rings is 1. The van der Waals surface area contributed by atoms with Gasteiger partial charge < -0.3 is 14.5 Å². The van der Waals surface area contributed by atoms with Gasteiger partial charge in [-0.3, -0.25) is 0 Å². The maximum absolute atomic E-state index is 5.84. The standard InChI is InChI=1S/C11H11BrClN3O2/c1-6(13)10-15-16-11(18-10)14-8-3-7(12)4-9(5-8)17-2/h3-6H,1-2H3,(H,14,16). The predicted octanol–water partition coefficient (Wildman–Crippen LogP) is 3.88. The van der Waals surface area contributed by atoms with E-state index >= 15 is 0 Å². The van der Waals surface area contributed by atoms with Crippen molar-refractivity contribution in [2.24, 2.45) is 0 Å². The van der Waals surface area contributed by atoms with E-state index in [4.69, 9.17) is 20.8 Å². The van der Waals surface area contributed by atoms with Gasteiger partial charge in [-0.2, -0.15) is 0 Å². The van der Waals surface area contributed by atoms with Crippen LogP contribution in [0, 0.1) is 0 Å². The summed E-state index contributed by atoms with van der Waals surface area (Å²) in [5.74, 6) is 1.10. The summed E-state index contributed by atoms with van der Waals surface area (Å²) in [6.45, 7) is 1.76. The van der Waals surface area contributed by atoms with Crippen LogP contribution in [0.2, 0.25) is 0 Å². The van der Waals surface area contributed by atoms with Gasteiger partial charge >= 0.3 is 6.01 Å². The van der Waals surface area contributed by atoms with Crippen molar-refractivity contribution in [3.8, 4) is 5.75 Å². The molecule has 0 aliphatic heterocycles. The first kappa shape index (κ1) is 13.2. The summed E-state index contributed by atoms with van der Waals surface area (Å²) in [6.07, 6.45) is 0. The molecule has 0 amide bonds. The molecule has 0 saturated heterocycles. The minimum Gasteiger partial charge on any atom is -0.497 e. The van der Waals surface area contributed by atoms with Crippen molar-refractivity contribution < 1.29 is 9.15 Å². The molecule has 1 unspecified atom stereocenters. The Morgan fingerprint density at radius 3 is 2.78 bits per heavy atom. The molecule has 1 aromatic heterocycles. The van der Waals surface area contributed by atoms with Gasteiger partial charge in [-0.25, -0.2) is 0 Å². The molecule has 1 heterocycles. The van der Waals surface area contributed by atoms with Crippen molar-refractivity contribution in [2.75, 3.05) is 12.4 Å². The Morgan fingerprint density at radius 2 is 2.17 bits per heavy atom. The van der Waals surface area contributed by atoms with E-state index in [9.17, 15) is 0 Å². The number of alkyl halides is 1. The van der Waals surface area contributed by atoms with E-state index in [0.29, 0.717) is 5.89 Å². The zero-order valence-electron chi connectivity index (χ0n) is 9.78. The highest BCUT2D eigenvalue weighted by atomic mass is 79.9. The summed E-state index contributed by atoms with van der Waals surface area (Å²) < 4.78 is 11.4. The molecule has 0 radical (unpaired) electrons. The number of ether oxygens (including phenoxy) is 1. The highest BCUT2D eigenvalue weighted by Gasteiger charge is 2.11. The number of rotatable bonds is 4. The molecule has 0 bridgehead atoms. The zero-order chi connectivity index (χ0) is 13.1. The lowest BCUT2D eigenvalue weighted by Crippen LogP contribution is -1.92. The molecule has 7 heteroatoms. The van der Waals surface area contributed by atoms with E-state index < -0.39 is 0 Å². The molecule has 0 aliphatic rings. The second-order valence-electron chi connectivity index (χ2n) is 3.57. The smallest absolute Gasteiger partial charge is 0.320 e. The number of methoxy groups -OCH3 is 1. The Labute approximate surface area is 118 Å². The second kappa shape index (κ2) is 5.58. The van der Waals surface area contributed by atoms with Crippen LogP contribution >= 0.6 is 27.5 Å². The molecule has 0 aliphatic carbocycles. The van der Waals surface area contributed by atoms with Crippen LogP contribution in [0.3, 0.4) is 0 Å². The summed E-state index contributed by atoms with van der Waals surface area (Å²) in [5.41, 5.74) is 0.777. The predicted molar refractivity (Wildman–Crippen MR) is 72.5 cm³/mol. The van der Waals surface area contributed by atoms with Crippen molar-refractivity contribution in [1.82, 2.24) is 10.2 Å². The average molecular weight is 333 g/mol. The second-order valence-corrected chi connectivity index (χ2v) is 5.14. The van der Waals surface area contributed by atoms with Gasteiger partial charge in [0, 0.05) is 16.2 Å². The Morgan fingerprint density at radius 1 is 1.39 bits per heavy atom. The van der Waals surface area contributed by atoms with E-state index in [1.807, 2.05) is 18.2 Å². The number of hydrogen-bond donors (Lipinski definition) is 1. The lowest BCUT2D eigenvalue weighted by atomic mass is 10.3. The normalized spacial score (nSPS) is 12.2. The first-order valence-corrected chi connectivity index (χ1v) is 6.40. The van der Waals surface area contributed by atoms with E-state index in [1.165, 1.54) is 0 Å². The van der Waals surface area contributed by atoms with E-state index in [1.54, 1.807) is 14.0 Å². The topological polar surface area (TPSA) is 60.2 Å². The molecule has 1 atom stereocenters. The quantitative estimate of drug-likeness (QED) is 0.861. The minimum atomic E-state index is -0.315. The molecule has 96 valence electrons. The van der Waals surface area contributed by atoms with Gasteiger partial charge in [0.1, 0.15) is 11.1 Å². The fraction of sp³-hybridized carbons (Fsp3) is 0.273. The molecule has 2 rings (SSSR count). The van der Waals surface area contributed by atoms with Crippen LogP contribution in [-0.2, 0) is 0 Å². The average Bonchev–Trinajstić information content (AvgIpc) is 2.76. The third-order valence-corrected chi connectivity index (χ3v) is 2.78. The number of hydrogen-bond acceptors (Lipinski definition) is 5. The third kappa shape index (κ3) is 3.14. The van der Waals surface area contributed by atoms with Crippen molar-refractivity contribution in [1.29, 1.82) is 0 Å². The number of anilines is 2. The first-order chi connectivity index (χ1) is 8.58. The maximum Gasteiger partial charge on any atom is 0.320 e. The number of nitrogens with one attached hydrogen (secondary N) is 1. The zero-order valence-corrected chi connectivity index (χ0v) is 12.1. The summed E-state index contributed by atoms with van der Waals surface area (Å²) in [4.78, 5) is 0. The largest absolute Gasteiger partial charge is 0.497 e. The van der Waals surface area contributed by atoms with Crippen LogP contribution in [0.4, 0.5) is 11.7 Å². The lowest BCUT2D eigenvalue weighted by molar-refractivity contribution is 0.414. The van der Waals surface area contributed by atoms with Crippen LogP contribution in [0.1, 0.15) is 18.2 Å². The van der Waals surface area contributed by atoms with Crippen LogP contribution < -0.4 is 10.1 Å². The van der Waals surface area contributed by atoms with Gasteiger partial charge in [-0.05, 0) is 19.1 Å². The molecular formula is C11H11BrClN3O2. The summed E-state index contributed by atoms with van der Waals surface area (Å²) in [6, 6.07) is 5.83. The van der Waals surface area contributed by atoms with Gasteiger partial charge in [0.05, 0.1) is 7.11 Å². The van der Waals surface area contributed by atoms with E-state index in [0.717, 1.165) is 15.9 Å². The van der Waals surface area contributed by atoms with Gasteiger partial charge in [-0.1, -0.05) is 21.0 Å². The van der Waals surface area contributed by atoms with Crippen molar-refractivity contribution in [3.63, 3.8) is 0 Å². The van der Waals surface area contributed by atoms with Crippen LogP contribution in [0.5, 0.6) is 5.75 Å². The van der Waals surface area contributed by atoms with Crippen molar-refractivity contribution >= 4 is 39.2 Å². The van der Waals surface area contributed by atoms with Gasteiger partial charge in [0.15, 0.2) is 0 Å². The Bertz CT molecular complexity index is 545. The highest BCUT2D eigenvalue weighted by Crippen LogP contribution is 2.27. The van der Waals surface area contributed by atoms with Crippen LogP contribution in [-0.4, -0.2) is 17.3 Å². The maximum atomic E-state index is 5.84. The Kier molecular flexibility index (Phi) is 4.08. The monoisotopic (exact) mass is 331 g/mol. The molecular weight excluding hydrogens is 321 g/mol. The van der Waals surface area contributed by atoms with Crippen molar-refractivity contribution in [2.45, 2.75) is 12.3 Å². The van der Waals surface area contributed by atoms with Crippen molar-refractivity contribution in [3.05, 3.63) is 28.6 Å². The number of halogens is 2. The van der Waals surface area contributed by atoms with E-state index in [-0.39, 0.29) is 11.4 Å². The van der Waals surface area contributed by atoms with Crippen LogP contribution in [0.15, 0.2) is 27.1 Å². The number of aromatic nitrogens is 2. The molecule has 2 aromatic rings. The molecule has 0 saturated carbocycles. The summed E-state index contributed by atoms with van der Waals surface area (Å²) in [5, 5.41) is 10.3. The number of nitrogens with zero attached hydrogens (tertiary/aromatic N) is 2.